The molecule has 0 amide bonds. The van der Waals surface area contributed by atoms with Crippen LogP contribution >= 0.6 is 0 Å². The Labute approximate surface area is 101 Å². The molecule has 0 heterocycles. The zero-order valence-corrected chi connectivity index (χ0v) is 10.4. The molecule has 0 atom stereocenters. The van der Waals surface area contributed by atoms with Crippen LogP contribution in [0, 0.1) is 0 Å². The van der Waals surface area contributed by atoms with E-state index in [0.29, 0.717) is 0 Å². The molecule has 0 aromatic heterocycles. The van der Waals surface area contributed by atoms with Crippen molar-refractivity contribution in [2.24, 2.45) is 0 Å². The van der Waals surface area contributed by atoms with Crippen LogP contribution in [0.5, 0.6) is 5.75 Å². The van der Waals surface area contributed by atoms with Gasteiger partial charge < -0.3 is 9.53 Å². The summed E-state index contributed by atoms with van der Waals surface area (Å²) in [6, 6.07) is 12.0. The first kappa shape index (κ1) is 11.6. The molecule has 0 unspecified atom stereocenters. The molecule has 0 saturated carbocycles. The number of aldehydes is 1. The van der Waals surface area contributed by atoms with Crippen LogP contribution in [0.15, 0.2) is 36.4 Å². The van der Waals surface area contributed by atoms with Crippen molar-refractivity contribution in [1.29, 1.82) is 0 Å². The number of carbonyl (C=O) groups excluding carboxylic acids is 1. The summed E-state index contributed by atoms with van der Waals surface area (Å²) in [5, 5.41) is 2.20. The molecule has 17 heavy (non-hydrogen) atoms. The van der Waals surface area contributed by atoms with Crippen LogP contribution in [-0.2, 0) is 10.2 Å². The highest BCUT2D eigenvalue weighted by molar-refractivity contribution is 5.92. The van der Waals surface area contributed by atoms with Gasteiger partial charge in [0.25, 0.3) is 0 Å². The Hall–Kier alpha value is -1.83. The van der Waals surface area contributed by atoms with Crippen molar-refractivity contribution in [3.63, 3.8) is 0 Å². The van der Waals surface area contributed by atoms with E-state index in [1.807, 2.05) is 50.2 Å². The molecular formula is C15H16O2. The van der Waals surface area contributed by atoms with E-state index in [9.17, 15) is 4.79 Å². The maximum atomic E-state index is 11.3. The standard InChI is InChI=1S/C15H16O2/c1-15(2,10-16)14-12-7-5-4-6-11(12)8-9-13(14)17-3/h4-10H,1-3H3. The highest BCUT2D eigenvalue weighted by Crippen LogP contribution is 2.36. The third-order valence-electron chi connectivity index (χ3n) is 3.05. The number of benzene rings is 2. The lowest BCUT2D eigenvalue weighted by atomic mass is 9.82. The van der Waals surface area contributed by atoms with Crippen molar-refractivity contribution in [3.8, 4) is 5.75 Å². The highest BCUT2D eigenvalue weighted by Gasteiger charge is 2.26. The summed E-state index contributed by atoms with van der Waals surface area (Å²) in [5.74, 6) is 0.765. The predicted octanol–water partition coefficient (Wildman–Crippen LogP) is 3.32. The van der Waals surface area contributed by atoms with Gasteiger partial charge in [0, 0.05) is 11.0 Å². The summed E-state index contributed by atoms with van der Waals surface area (Å²) in [7, 11) is 1.63. The predicted molar refractivity (Wildman–Crippen MR) is 69.6 cm³/mol. The molecule has 2 rings (SSSR count). The molecule has 0 bridgehead atoms. The second-order valence-corrected chi connectivity index (χ2v) is 4.70. The second-order valence-electron chi connectivity index (χ2n) is 4.70. The van der Waals surface area contributed by atoms with Gasteiger partial charge >= 0.3 is 0 Å². The van der Waals surface area contributed by atoms with Crippen molar-refractivity contribution in [2.75, 3.05) is 7.11 Å². The van der Waals surface area contributed by atoms with Crippen molar-refractivity contribution in [1.82, 2.24) is 0 Å². The van der Waals surface area contributed by atoms with Gasteiger partial charge in [0.15, 0.2) is 0 Å². The molecule has 0 radical (unpaired) electrons. The average molecular weight is 228 g/mol. The largest absolute Gasteiger partial charge is 0.496 e. The summed E-state index contributed by atoms with van der Waals surface area (Å²) >= 11 is 0. The third-order valence-corrected chi connectivity index (χ3v) is 3.05. The lowest BCUT2D eigenvalue weighted by molar-refractivity contribution is -0.111. The van der Waals surface area contributed by atoms with Crippen LogP contribution in [0.1, 0.15) is 19.4 Å². The lowest BCUT2D eigenvalue weighted by Gasteiger charge is -2.22. The normalized spacial score (nSPS) is 11.5. The molecule has 2 aromatic carbocycles. The monoisotopic (exact) mass is 228 g/mol. The van der Waals surface area contributed by atoms with Crippen LogP contribution < -0.4 is 4.74 Å². The number of ether oxygens (including phenoxy) is 1. The number of hydrogen-bond acceptors (Lipinski definition) is 2. The molecule has 2 nitrogen and oxygen atoms in total. The van der Waals surface area contributed by atoms with E-state index >= 15 is 0 Å². The molecule has 0 spiro atoms. The molecule has 0 saturated heterocycles. The molecule has 0 aliphatic carbocycles. The SMILES string of the molecule is COc1ccc2ccccc2c1C(C)(C)C=O. The van der Waals surface area contributed by atoms with Gasteiger partial charge in [-0.1, -0.05) is 30.3 Å². The Morgan fingerprint density at radius 3 is 2.47 bits per heavy atom. The Morgan fingerprint density at radius 2 is 1.82 bits per heavy atom. The molecule has 0 aliphatic rings. The van der Waals surface area contributed by atoms with Crippen molar-refractivity contribution >= 4 is 17.1 Å². The fourth-order valence-electron chi connectivity index (χ4n) is 2.15. The van der Waals surface area contributed by atoms with Crippen molar-refractivity contribution in [2.45, 2.75) is 19.3 Å². The Balaban J connectivity index is 2.85. The topological polar surface area (TPSA) is 26.3 Å². The molecule has 2 aromatic rings. The maximum absolute atomic E-state index is 11.3. The molecule has 0 aliphatic heterocycles. The first-order chi connectivity index (χ1) is 8.10. The minimum Gasteiger partial charge on any atom is -0.496 e. The van der Waals surface area contributed by atoms with Crippen LogP contribution in [0.2, 0.25) is 0 Å². The fourth-order valence-corrected chi connectivity index (χ4v) is 2.15. The van der Waals surface area contributed by atoms with E-state index in [0.717, 1.165) is 28.4 Å². The van der Waals surface area contributed by atoms with E-state index in [4.69, 9.17) is 4.74 Å². The van der Waals surface area contributed by atoms with Crippen LogP contribution in [0.25, 0.3) is 10.8 Å². The van der Waals surface area contributed by atoms with E-state index in [1.165, 1.54) is 0 Å². The zero-order valence-electron chi connectivity index (χ0n) is 10.4. The molecule has 88 valence electrons. The summed E-state index contributed by atoms with van der Waals surface area (Å²) in [5.41, 5.74) is 0.403. The number of rotatable bonds is 3. The molecular weight excluding hydrogens is 212 g/mol. The quantitative estimate of drug-likeness (QED) is 0.753. The van der Waals surface area contributed by atoms with Crippen molar-refractivity contribution in [3.05, 3.63) is 42.0 Å². The van der Waals surface area contributed by atoms with Gasteiger partial charge in [-0.25, -0.2) is 0 Å². The molecule has 2 heteroatoms. The van der Waals surface area contributed by atoms with Crippen molar-refractivity contribution < 1.29 is 9.53 Å². The first-order valence-corrected chi connectivity index (χ1v) is 5.62. The fraction of sp³-hybridized carbons (Fsp3) is 0.267. The summed E-state index contributed by atoms with van der Waals surface area (Å²) in [6.07, 6.45) is 0.970. The second kappa shape index (κ2) is 4.21. The van der Waals surface area contributed by atoms with Gasteiger partial charge in [-0.05, 0) is 30.7 Å². The Morgan fingerprint density at radius 1 is 1.12 bits per heavy atom. The Kier molecular flexibility index (Phi) is 2.88. The Bertz CT molecular complexity index is 556. The van der Waals surface area contributed by atoms with Gasteiger partial charge in [-0.2, -0.15) is 0 Å². The maximum Gasteiger partial charge on any atom is 0.130 e. The number of fused-ring (bicyclic) bond motifs is 1. The summed E-state index contributed by atoms with van der Waals surface area (Å²) in [6.45, 7) is 3.81. The van der Waals surface area contributed by atoms with Gasteiger partial charge in [-0.15, -0.1) is 0 Å². The number of methoxy groups -OCH3 is 1. The van der Waals surface area contributed by atoms with Crippen LogP contribution in [0.4, 0.5) is 0 Å². The van der Waals surface area contributed by atoms with Crippen LogP contribution in [-0.4, -0.2) is 13.4 Å². The van der Waals surface area contributed by atoms with Gasteiger partial charge in [-0.3, -0.25) is 0 Å². The average Bonchev–Trinajstić information content (AvgIpc) is 2.37. The first-order valence-electron chi connectivity index (χ1n) is 5.62. The van der Waals surface area contributed by atoms with Gasteiger partial charge in [0.2, 0.25) is 0 Å². The minimum absolute atomic E-state index is 0.549. The van der Waals surface area contributed by atoms with Gasteiger partial charge in [0.1, 0.15) is 12.0 Å². The summed E-state index contributed by atoms with van der Waals surface area (Å²) < 4.78 is 5.38. The molecule has 0 N–H and O–H groups in total. The van der Waals surface area contributed by atoms with E-state index < -0.39 is 5.41 Å². The minimum atomic E-state index is -0.549. The third kappa shape index (κ3) is 1.91. The number of carbonyl (C=O) groups is 1. The zero-order chi connectivity index (χ0) is 12.5. The smallest absolute Gasteiger partial charge is 0.130 e. The van der Waals surface area contributed by atoms with Crippen LogP contribution in [0.3, 0.4) is 0 Å². The lowest BCUT2D eigenvalue weighted by Crippen LogP contribution is -2.20. The van der Waals surface area contributed by atoms with E-state index in [1.54, 1.807) is 7.11 Å². The highest BCUT2D eigenvalue weighted by atomic mass is 16.5. The number of hydrogen-bond donors (Lipinski definition) is 0. The summed E-state index contributed by atoms with van der Waals surface area (Å²) in [4.78, 5) is 11.3. The van der Waals surface area contributed by atoms with Gasteiger partial charge in [0.05, 0.1) is 7.11 Å². The molecule has 0 fully saturated rings. The van der Waals surface area contributed by atoms with E-state index in [-0.39, 0.29) is 0 Å². The van der Waals surface area contributed by atoms with E-state index in [2.05, 4.69) is 0 Å².